The summed E-state index contributed by atoms with van der Waals surface area (Å²) in [6, 6.07) is 25.3. The van der Waals surface area contributed by atoms with Crippen molar-refractivity contribution < 1.29 is 23.4 Å². The number of aryl methyl sites for hydroxylation is 2. The smallest absolute Gasteiger partial charge is 0.368 e. The van der Waals surface area contributed by atoms with Crippen LogP contribution in [0.2, 0.25) is 10.0 Å². The number of benzene rings is 4. The van der Waals surface area contributed by atoms with Gasteiger partial charge in [-0.05, 0) is 125 Å². The summed E-state index contributed by atoms with van der Waals surface area (Å²) in [7, 11) is -3.95. The van der Waals surface area contributed by atoms with Crippen molar-refractivity contribution in [3.8, 4) is 11.4 Å². The van der Waals surface area contributed by atoms with E-state index in [1.54, 1.807) is 84.9 Å². The molecular weight excluding hydrogens is 775 g/mol. The fraction of sp³-hybridized carbons (Fsp3) is 0.390. The van der Waals surface area contributed by atoms with Gasteiger partial charge in [-0.1, -0.05) is 73.2 Å². The summed E-state index contributed by atoms with van der Waals surface area (Å²) in [5.74, 6) is 1.31. The summed E-state index contributed by atoms with van der Waals surface area (Å²) < 4.78 is 38.6. The number of tetrazole rings is 1. The van der Waals surface area contributed by atoms with Crippen LogP contribution in [-0.2, 0) is 23.0 Å². The van der Waals surface area contributed by atoms with Crippen molar-refractivity contribution in [2.45, 2.75) is 81.1 Å². The Labute approximate surface area is 336 Å². The van der Waals surface area contributed by atoms with E-state index in [1.165, 1.54) is 41.1 Å². The van der Waals surface area contributed by atoms with E-state index in [0.29, 0.717) is 64.2 Å². The first-order valence-electron chi connectivity index (χ1n) is 19.1. The Morgan fingerprint density at radius 2 is 1.52 bits per heavy atom. The van der Waals surface area contributed by atoms with E-state index < -0.39 is 22.2 Å². The molecule has 1 unspecified atom stereocenters. The molecular formula is C41H46Cl2N6O6S. The fourth-order valence-corrected chi connectivity index (χ4v) is 9.15. The molecule has 2 heterocycles. The van der Waals surface area contributed by atoms with Crippen molar-refractivity contribution in [2.24, 2.45) is 5.92 Å². The summed E-state index contributed by atoms with van der Waals surface area (Å²) >= 11 is 12.4. The molecule has 0 radical (unpaired) electrons. The molecule has 3 atom stereocenters. The molecule has 0 spiro atoms. The Morgan fingerprint density at radius 1 is 0.857 bits per heavy atom. The summed E-state index contributed by atoms with van der Waals surface area (Å²) in [5.41, 5.74) is 2.56. The van der Waals surface area contributed by atoms with Gasteiger partial charge >= 0.3 is 5.69 Å². The van der Waals surface area contributed by atoms with E-state index in [9.17, 15) is 23.4 Å². The number of sulfonamides is 1. The molecule has 7 rings (SSSR count). The van der Waals surface area contributed by atoms with Gasteiger partial charge in [0.1, 0.15) is 11.9 Å². The molecule has 2 aliphatic rings. The second-order valence-electron chi connectivity index (χ2n) is 14.7. The van der Waals surface area contributed by atoms with E-state index in [-0.39, 0.29) is 29.8 Å². The number of aliphatic hydroxyl groups is 2. The van der Waals surface area contributed by atoms with Gasteiger partial charge in [0.2, 0.25) is 0 Å². The van der Waals surface area contributed by atoms with Crippen LogP contribution in [0, 0.1) is 5.92 Å². The molecule has 0 bridgehead atoms. The van der Waals surface area contributed by atoms with Crippen LogP contribution in [0.15, 0.2) is 101 Å². The molecule has 3 N–H and O–H groups in total. The standard InChI is InChI=1S/C41H46Cl2N6O6S/c42-32-11-3-9-29(22-32)38(50)26-47(27-39(51)30-10-4-12-33(43)23-30)25-36-18-13-31-24-37(19-20-40(31)55-36)56(53,54)44-34-14-16-35(17-15-34)49-41(52)48(45-46-49)21-5-8-28-6-1-2-7-28/h3-4,9-12,14-17,19-20,22-24,28,36,38-39,44,50-51H,1-2,5-8,13,18,21,25-27H2/t36?,38-,39-/m0/s1. The summed E-state index contributed by atoms with van der Waals surface area (Å²) in [4.78, 5) is 15.0. The lowest BCUT2D eigenvalue weighted by atomic mass is 10.0. The van der Waals surface area contributed by atoms with Crippen LogP contribution >= 0.6 is 23.2 Å². The van der Waals surface area contributed by atoms with Crippen LogP contribution in [0.3, 0.4) is 0 Å². The van der Waals surface area contributed by atoms with Gasteiger partial charge in [0.15, 0.2) is 0 Å². The summed E-state index contributed by atoms with van der Waals surface area (Å²) in [6.07, 6.45) is 6.20. The van der Waals surface area contributed by atoms with Gasteiger partial charge in [0.05, 0.1) is 22.8 Å². The van der Waals surface area contributed by atoms with E-state index in [0.717, 1.165) is 24.3 Å². The van der Waals surface area contributed by atoms with Crippen molar-refractivity contribution in [3.05, 3.63) is 128 Å². The summed E-state index contributed by atoms with van der Waals surface area (Å²) in [5, 5.41) is 31.4. The third-order valence-electron chi connectivity index (χ3n) is 10.6. The van der Waals surface area contributed by atoms with Gasteiger partial charge in [0, 0.05) is 41.9 Å². The van der Waals surface area contributed by atoms with Gasteiger partial charge < -0.3 is 14.9 Å². The predicted molar refractivity (Wildman–Crippen MR) is 216 cm³/mol. The van der Waals surface area contributed by atoms with Crippen molar-refractivity contribution in [3.63, 3.8) is 0 Å². The molecule has 1 fully saturated rings. The number of fused-ring (bicyclic) bond motifs is 1. The maximum Gasteiger partial charge on any atom is 0.368 e. The first-order valence-corrected chi connectivity index (χ1v) is 21.3. The number of aliphatic hydroxyl groups excluding tert-OH is 2. The normalized spacial score (nSPS) is 17.1. The Balaban J connectivity index is 0.980. The zero-order valence-corrected chi connectivity index (χ0v) is 33.2. The van der Waals surface area contributed by atoms with Crippen LogP contribution < -0.4 is 15.1 Å². The third-order valence-corrected chi connectivity index (χ3v) is 12.5. The third kappa shape index (κ3) is 10.0. The maximum atomic E-state index is 13.5. The molecule has 1 aliphatic carbocycles. The number of nitrogens with one attached hydrogen (secondary N) is 1. The van der Waals surface area contributed by atoms with E-state index in [1.807, 2.05) is 4.90 Å². The number of halogens is 2. The quantitative estimate of drug-likeness (QED) is 0.0959. The molecule has 1 saturated carbocycles. The Hall–Kier alpha value is -4.24. The monoisotopic (exact) mass is 820 g/mol. The minimum absolute atomic E-state index is 0.0926. The number of anilines is 1. The van der Waals surface area contributed by atoms with Crippen LogP contribution in [0.4, 0.5) is 5.69 Å². The number of nitrogens with zero attached hydrogens (tertiary/aromatic N) is 5. The van der Waals surface area contributed by atoms with Crippen molar-refractivity contribution in [1.82, 2.24) is 24.7 Å². The molecule has 12 nitrogen and oxygen atoms in total. The number of rotatable bonds is 16. The number of hydrogen-bond donors (Lipinski definition) is 3. The van der Waals surface area contributed by atoms with Gasteiger partial charge in [-0.15, -0.1) is 0 Å². The highest BCUT2D eigenvalue weighted by Crippen LogP contribution is 2.32. The minimum atomic E-state index is -3.95. The maximum absolute atomic E-state index is 13.5. The fourth-order valence-electron chi connectivity index (χ4n) is 7.65. The lowest BCUT2D eigenvalue weighted by molar-refractivity contribution is 0.0388. The average Bonchev–Trinajstić information content (AvgIpc) is 3.84. The highest BCUT2D eigenvalue weighted by molar-refractivity contribution is 7.92. The molecule has 4 aromatic carbocycles. The van der Waals surface area contributed by atoms with E-state index >= 15 is 0 Å². The molecule has 15 heteroatoms. The second-order valence-corrected chi connectivity index (χ2v) is 17.3. The lowest BCUT2D eigenvalue weighted by Crippen LogP contribution is -2.41. The van der Waals surface area contributed by atoms with Gasteiger partial charge in [-0.25, -0.2) is 13.2 Å². The largest absolute Gasteiger partial charge is 0.489 e. The molecule has 1 aromatic heterocycles. The molecule has 1 aliphatic heterocycles. The average molecular weight is 822 g/mol. The number of ether oxygens (including phenoxy) is 1. The van der Waals surface area contributed by atoms with Crippen LogP contribution in [0.1, 0.15) is 73.8 Å². The van der Waals surface area contributed by atoms with Crippen LogP contribution in [-0.4, -0.2) is 69.1 Å². The Bertz CT molecular complexity index is 2230. The van der Waals surface area contributed by atoms with Crippen molar-refractivity contribution in [1.29, 1.82) is 0 Å². The molecule has 56 heavy (non-hydrogen) atoms. The van der Waals surface area contributed by atoms with Gasteiger partial charge in [-0.3, -0.25) is 9.62 Å². The second kappa shape index (κ2) is 17.9. The van der Waals surface area contributed by atoms with Crippen LogP contribution in [0.25, 0.3) is 5.69 Å². The van der Waals surface area contributed by atoms with Crippen molar-refractivity contribution in [2.75, 3.05) is 24.4 Å². The summed E-state index contributed by atoms with van der Waals surface area (Å²) in [6.45, 7) is 1.34. The van der Waals surface area contributed by atoms with Crippen LogP contribution in [0.5, 0.6) is 5.75 Å². The zero-order chi connectivity index (χ0) is 39.2. The highest BCUT2D eigenvalue weighted by Gasteiger charge is 2.27. The highest BCUT2D eigenvalue weighted by atomic mass is 35.5. The molecule has 0 saturated heterocycles. The molecule has 0 amide bonds. The molecule has 296 valence electrons. The Kier molecular flexibility index (Phi) is 12.8. The Morgan fingerprint density at radius 3 is 2.16 bits per heavy atom. The number of hydrogen-bond acceptors (Lipinski definition) is 9. The predicted octanol–water partition coefficient (Wildman–Crippen LogP) is 6.97. The lowest BCUT2D eigenvalue weighted by Gasteiger charge is -2.33. The first-order chi connectivity index (χ1) is 27.0. The first kappa shape index (κ1) is 40.0. The number of aromatic nitrogens is 4. The van der Waals surface area contributed by atoms with Gasteiger partial charge in [-0.2, -0.15) is 9.36 Å². The SMILES string of the molecule is O=c1n(CCCC2CCCC2)nnn1-c1ccc(NS(=O)(=O)c2ccc3c(c2)CCC(CN(C[C@H](O)c2cccc(Cl)c2)C[C@H](O)c2cccc(Cl)c2)O3)cc1. The zero-order valence-electron chi connectivity index (χ0n) is 30.9. The van der Waals surface area contributed by atoms with E-state index in [4.69, 9.17) is 27.9 Å². The minimum Gasteiger partial charge on any atom is -0.489 e. The van der Waals surface area contributed by atoms with Gasteiger partial charge in [0.25, 0.3) is 10.0 Å². The van der Waals surface area contributed by atoms with Crippen molar-refractivity contribution >= 4 is 38.9 Å². The molecule has 5 aromatic rings. The topological polar surface area (TPSA) is 152 Å². The van der Waals surface area contributed by atoms with E-state index in [2.05, 4.69) is 15.1 Å².